The molecule has 1 heterocycles. The van der Waals surface area contributed by atoms with Crippen LogP contribution in [0, 0.1) is 6.92 Å². The summed E-state index contributed by atoms with van der Waals surface area (Å²) in [5.41, 5.74) is 1.12. The first kappa shape index (κ1) is 11.7. The summed E-state index contributed by atoms with van der Waals surface area (Å²) in [7, 11) is 1.82. The van der Waals surface area contributed by atoms with Gasteiger partial charge < -0.3 is 5.11 Å². The molecule has 2 rings (SSSR count). The standard InChI is InChI=1S/C12H17ClN2O/c1-9-10(11(13)15(2)14-9)8-12(16)6-4-3-5-7-12/h4,6,16H,3,5,7-8H2,1-2H3. The molecule has 0 saturated heterocycles. The molecule has 0 bridgehead atoms. The summed E-state index contributed by atoms with van der Waals surface area (Å²) in [4.78, 5) is 0. The van der Waals surface area contributed by atoms with Gasteiger partial charge in [0.2, 0.25) is 0 Å². The molecule has 0 aromatic carbocycles. The van der Waals surface area contributed by atoms with Crippen molar-refractivity contribution < 1.29 is 5.11 Å². The van der Waals surface area contributed by atoms with Crippen LogP contribution in [0.15, 0.2) is 12.2 Å². The lowest BCUT2D eigenvalue weighted by Gasteiger charge is -2.27. The van der Waals surface area contributed by atoms with Crippen LogP contribution in [0.25, 0.3) is 0 Å². The van der Waals surface area contributed by atoms with E-state index in [9.17, 15) is 5.11 Å². The monoisotopic (exact) mass is 240 g/mol. The van der Waals surface area contributed by atoms with Gasteiger partial charge in [-0.3, -0.25) is 4.68 Å². The highest BCUT2D eigenvalue weighted by Gasteiger charge is 2.28. The number of aryl methyl sites for hydroxylation is 2. The molecule has 16 heavy (non-hydrogen) atoms. The Balaban J connectivity index is 2.26. The molecule has 1 atom stereocenters. The molecule has 1 unspecified atom stereocenters. The molecule has 0 fully saturated rings. The first-order valence-electron chi connectivity index (χ1n) is 5.60. The summed E-state index contributed by atoms with van der Waals surface area (Å²) in [5, 5.41) is 15.3. The van der Waals surface area contributed by atoms with E-state index in [-0.39, 0.29) is 0 Å². The van der Waals surface area contributed by atoms with Crippen molar-refractivity contribution in [3.63, 3.8) is 0 Å². The molecular weight excluding hydrogens is 224 g/mol. The summed E-state index contributed by atoms with van der Waals surface area (Å²) < 4.78 is 1.65. The van der Waals surface area contributed by atoms with Gasteiger partial charge >= 0.3 is 0 Å². The first-order valence-corrected chi connectivity index (χ1v) is 5.98. The molecule has 0 saturated carbocycles. The van der Waals surface area contributed by atoms with E-state index in [1.807, 2.05) is 26.1 Å². The summed E-state index contributed by atoms with van der Waals surface area (Å²) >= 11 is 6.16. The van der Waals surface area contributed by atoms with E-state index in [0.717, 1.165) is 30.5 Å². The molecule has 0 aliphatic heterocycles. The highest BCUT2D eigenvalue weighted by molar-refractivity contribution is 6.30. The fourth-order valence-corrected chi connectivity index (χ4v) is 2.48. The Bertz CT molecular complexity index is 425. The van der Waals surface area contributed by atoms with E-state index in [4.69, 9.17) is 11.6 Å². The number of hydrogen-bond donors (Lipinski definition) is 1. The Morgan fingerprint density at radius 1 is 1.62 bits per heavy atom. The Hall–Kier alpha value is -0.800. The minimum Gasteiger partial charge on any atom is -0.385 e. The predicted molar refractivity (Wildman–Crippen MR) is 64.6 cm³/mol. The topological polar surface area (TPSA) is 38.0 Å². The van der Waals surface area contributed by atoms with Crippen LogP contribution in [0.1, 0.15) is 30.5 Å². The summed E-state index contributed by atoms with van der Waals surface area (Å²) in [6, 6.07) is 0. The maximum absolute atomic E-state index is 10.4. The molecule has 1 aliphatic carbocycles. The van der Waals surface area contributed by atoms with Crippen molar-refractivity contribution in [1.82, 2.24) is 9.78 Å². The molecule has 1 aromatic heterocycles. The van der Waals surface area contributed by atoms with Gasteiger partial charge in [-0.1, -0.05) is 23.8 Å². The second-order valence-corrected chi connectivity index (χ2v) is 4.91. The van der Waals surface area contributed by atoms with Crippen molar-refractivity contribution in [2.45, 2.75) is 38.2 Å². The molecule has 3 nitrogen and oxygen atoms in total. The van der Waals surface area contributed by atoms with Crippen LogP contribution in [0.4, 0.5) is 0 Å². The second-order valence-electron chi connectivity index (χ2n) is 4.55. The number of halogens is 1. The first-order chi connectivity index (χ1) is 7.52. The van der Waals surface area contributed by atoms with Gasteiger partial charge in [-0.2, -0.15) is 5.10 Å². The van der Waals surface area contributed by atoms with Crippen molar-refractivity contribution in [3.8, 4) is 0 Å². The number of rotatable bonds is 2. The second kappa shape index (κ2) is 4.22. The number of aliphatic hydroxyl groups is 1. The van der Waals surface area contributed by atoms with Gasteiger partial charge in [-0.25, -0.2) is 0 Å². The third-order valence-electron chi connectivity index (χ3n) is 3.16. The summed E-state index contributed by atoms with van der Waals surface area (Å²) in [6.07, 6.45) is 7.39. The highest BCUT2D eigenvalue weighted by Crippen LogP contribution is 2.30. The molecule has 0 amide bonds. The van der Waals surface area contributed by atoms with Crippen LogP contribution in [-0.2, 0) is 13.5 Å². The van der Waals surface area contributed by atoms with Crippen LogP contribution in [0.5, 0.6) is 0 Å². The van der Waals surface area contributed by atoms with Crippen molar-refractivity contribution >= 4 is 11.6 Å². The third-order valence-corrected chi connectivity index (χ3v) is 3.63. The molecule has 1 aromatic rings. The van der Waals surface area contributed by atoms with Gasteiger partial charge in [0.1, 0.15) is 5.15 Å². The van der Waals surface area contributed by atoms with Gasteiger partial charge in [0, 0.05) is 19.0 Å². The SMILES string of the molecule is Cc1nn(C)c(Cl)c1CC1(O)C=CCCC1. The fraction of sp³-hybridized carbons (Fsp3) is 0.583. The lowest BCUT2D eigenvalue weighted by Crippen LogP contribution is -2.30. The van der Waals surface area contributed by atoms with E-state index in [0.29, 0.717) is 11.6 Å². The van der Waals surface area contributed by atoms with Gasteiger partial charge in [0.05, 0.1) is 11.3 Å². The fourth-order valence-electron chi connectivity index (χ4n) is 2.24. The zero-order chi connectivity index (χ0) is 11.8. The van der Waals surface area contributed by atoms with Crippen molar-refractivity contribution in [2.24, 2.45) is 7.05 Å². The van der Waals surface area contributed by atoms with Gasteiger partial charge in [-0.05, 0) is 26.2 Å². The average Bonchev–Trinajstić information content (AvgIpc) is 2.46. The zero-order valence-electron chi connectivity index (χ0n) is 9.70. The molecular formula is C12H17ClN2O. The Kier molecular flexibility index (Phi) is 3.08. The van der Waals surface area contributed by atoms with E-state index in [1.165, 1.54) is 0 Å². The van der Waals surface area contributed by atoms with E-state index < -0.39 is 5.60 Å². The largest absolute Gasteiger partial charge is 0.385 e. The Morgan fingerprint density at radius 3 is 2.88 bits per heavy atom. The van der Waals surface area contributed by atoms with Crippen molar-refractivity contribution in [3.05, 3.63) is 28.6 Å². The highest BCUT2D eigenvalue weighted by atomic mass is 35.5. The zero-order valence-corrected chi connectivity index (χ0v) is 10.5. The Morgan fingerprint density at radius 2 is 2.38 bits per heavy atom. The normalized spacial score (nSPS) is 25.0. The third kappa shape index (κ3) is 2.15. The molecule has 0 spiro atoms. The molecule has 0 radical (unpaired) electrons. The molecule has 1 N–H and O–H groups in total. The lowest BCUT2D eigenvalue weighted by atomic mass is 9.86. The minimum atomic E-state index is -0.740. The smallest absolute Gasteiger partial charge is 0.130 e. The van der Waals surface area contributed by atoms with Crippen LogP contribution < -0.4 is 0 Å². The average molecular weight is 241 g/mol. The summed E-state index contributed by atoms with van der Waals surface area (Å²) in [5.74, 6) is 0. The molecule has 4 heteroatoms. The predicted octanol–water partition coefficient (Wildman–Crippen LogP) is 2.40. The van der Waals surface area contributed by atoms with Crippen LogP contribution in [-0.4, -0.2) is 20.5 Å². The maximum atomic E-state index is 10.4. The quantitative estimate of drug-likeness (QED) is 0.807. The molecule has 88 valence electrons. The van der Waals surface area contributed by atoms with Crippen molar-refractivity contribution in [2.75, 3.05) is 0 Å². The van der Waals surface area contributed by atoms with E-state index >= 15 is 0 Å². The minimum absolute atomic E-state index is 0.558. The van der Waals surface area contributed by atoms with E-state index in [2.05, 4.69) is 5.10 Å². The van der Waals surface area contributed by atoms with Gasteiger partial charge in [0.15, 0.2) is 0 Å². The number of aromatic nitrogens is 2. The summed E-state index contributed by atoms with van der Waals surface area (Å²) in [6.45, 7) is 1.93. The van der Waals surface area contributed by atoms with E-state index in [1.54, 1.807) is 4.68 Å². The lowest BCUT2D eigenvalue weighted by molar-refractivity contribution is 0.0750. The number of hydrogen-bond acceptors (Lipinski definition) is 2. The van der Waals surface area contributed by atoms with Gasteiger partial charge in [-0.15, -0.1) is 0 Å². The van der Waals surface area contributed by atoms with Crippen LogP contribution in [0.2, 0.25) is 5.15 Å². The van der Waals surface area contributed by atoms with Crippen LogP contribution >= 0.6 is 11.6 Å². The molecule has 1 aliphatic rings. The number of allylic oxidation sites excluding steroid dienone is 1. The maximum Gasteiger partial charge on any atom is 0.130 e. The Labute approximate surface area is 101 Å². The van der Waals surface area contributed by atoms with Gasteiger partial charge in [0.25, 0.3) is 0 Å². The van der Waals surface area contributed by atoms with Crippen molar-refractivity contribution in [1.29, 1.82) is 0 Å². The number of nitrogens with zero attached hydrogens (tertiary/aromatic N) is 2. The van der Waals surface area contributed by atoms with Crippen LogP contribution in [0.3, 0.4) is 0 Å².